The van der Waals surface area contributed by atoms with Crippen molar-refractivity contribution in [3.63, 3.8) is 0 Å². The molecule has 794 valence electrons. The van der Waals surface area contributed by atoms with Crippen molar-refractivity contribution in [1.82, 2.24) is 101 Å². The number of guanidine groups is 3. The number of primary amides is 1. The molecule has 0 bridgehead atoms. The number of aliphatic hydroxyl groups excluding tert-OH is 1. The van der Waals surface area contributed by atoms with E-state index >= 15 is 14.4 Å². The van der Waals surface area contributed by atoms with Crippen molar-refractivity contribution < 1.29 is 102 Å². The SMILES string of the molecule is CCCC[C@H](NC(=O)[C@H](CCC(=O)O)NC(=O)[C@H](CCCNC(=N)N)NC(=O)[C@H](Cc1ccc(O)cc1)NC(=O)[C@H](CCCCN)NC(=O)[C@H](C)NC(=O)[C@]1(C)CCC/C=C\CCCCCC[C@](C)(NC(=O)CCNC(C)=O)C(=O)N[C@@H](CCCCN)C(=O)N[C@@H](C(C)C)C(=O)N[C@@H](C)C(=O)N[C@@H](CCCNC(=N)N)C(=O)N[C@@H](CCCNC(=N)N)C(=O)N[C@@H](CO)C(=O)N1)C(=O)N[C@@H](CC(C)C)C(N)=O. The summed E-state index contributed by atoms with van der Waals surface area (Å²) < 4.78 is 0. The van der Waals surface area contributed by atoms with Crippen LogP contribution in [0.25, 0.3) is 0 Å². The summed E-state index contributed by atoms with van der Waals surface area (Å²) in [5.41, 5.74) is 30.8. The van der Waals surface area contributed by atoms with Gasteiger partial charge in [-0.3, -0.25) is 103 Å². The molecule has 1 aromatic rings. The van der Waals surface area contributed by atoms with Crippen LogP contribution in [-0.2, 0) is 92.7 Å². The number of carbonyl (C=O) groups excluding carboxylic acids is 17. The molecular formula is C92H160N28O21. The number of hydrogen-bond acceptors (Lipinski definition) is 25. The number of carboxylic acid groups (broad SMARTS) is 1. The Morgan fingerprint density at radius 3 is 1.45 bits per heavy atom. The fourth-order valence-corrected chi connectivity index (χ4v) is 15.0. The highest BCUT2D eigenvalue weighted by Crippen LogP contribution is 2.23. The summed E-state index contributed by atoms with van der Waals surface area (Å²) in [7, 11) is 0. The molecule has 15 atom stereocenters. The second-order valence-corrected chi connectivity index (χ2v) is 36.7. The number of phenols is 1. The molecule has 1 aliphatic rings. The predicted octanol–water partition coefficient (Wildman–Crippen LogP) is -4.08. The van der Waals surface area contributed by atoms with E-state index in [4.69, 9.17) is 50.6 Å². The van der Waals surface area contributed by atoms with E-state index in [1.807, 2.05) is 19.1 Å². The lowest BCUT2D eigenvalue weighted by atomic mass is 9.91. The number of amides is 17. The maximum Gasteiger partial charge on any atom is 0.303 e. The summed E-state index contributed by atoms with van der Waals surface area (Å²) in [4.78, 5) is 255. The van der Waals surface area contributed by atoms with Gasteiger partial charge in [0.15, 0.2) is 17.9 Å². The molecule has 1 aliphatic heterocycles. The number of rotatable bonds is 51. The molecule has 0 radical (unpaired) electrons. The van der Waals surface area contributed by atoms with Crippen LogP contribution >= 0.6 is 0 Å². The van der Waals surface area contributed by atoms with Crippen LogP contribution in [0.15, 0.2) is 36.4 Å². The Morgan fingerprint density at radius 2 is 0.943 bits per heavy atom. The fourth-order valence-electron chi connectivity index (χ4n) is 15.0. The third-order valence-electron chi connectivity index (χ3n) is 23.2. The third-order valence-corrected chi connectivity index (χ3v) is 23.2. The van der Waals surface area contributed by atoms with Gasteiger partial charge in [-0.2, -0.15) is 0 Å². The van der Waals surface area contributed by atoms with Gasteiger partial charge in [-0.15, -0.1) is 0 Å². The Labute approximate surface area is 824 Å². The lowest BCUT2D eigenvalue weighted by Crippen LogP contribution is -2.64. The minimum atomic E-state index is -2.05. The smallest absolute Gasteiger partial charge is 0.303 e. The van der Waals surface area contributed by atoms with Gasteiger partial charge < -0.3 is 151 Å². The molecule has 49 nitrogen and oxygen atoms in total. The van der Waals surface area contributed by atoms with Crippen molar-refractivity contribution in [2.24, 2.45) is 46.2 Å². The number of benzene rings is 1. The summed E-state index contributed by atoms with van der Waals surface area (Å²) in [5, 5.41) is 104. The normalized spacial score (nSPS) is 20.9. The second kappa shape index (κ2) is 66.5. The predicted molar refractivity (Wildman–Crippen MR) is 526 cm³/mol. The van der Waals surface area contributed by atoms with Gasteiger partial charge in [0.05, 0.1) is 6.61 Å². The molecule has 37 N–H and O–H groups in total. The Bertz CT molecular complexity index is 4320. The zero-order chi connectivity index (χ0) is 106. The van der Waals surface area contributed by atoms with Crippen molar-refractivity contribution in [3.8, 4) is 5.75 Å². The zero-order valence-corrected chi connectivity index (χ0v) is 83.2. The number of aliphatic carboxylic acids is 1. The van der Waals surface area contributed by atoms with E-state index in [1.165, 1.54) is 58.9 Å². The first-order valence-electron chi connectivity index (χ1n) is 48.6. The largest absolute Gasteiger partial charge is 0.508 e. The topological polar surface area (TPSA) is 824 Å². The second-order valence-electron chi connectivity index (χ2n) is 36.7. The number of nitrogens with two attached hydrogens (primary N) is 6. The average Bonchev–Trinajstić information content (AvgIpc) is 0.827. The van der Waals surface area contributed by atoms with Gasteiger partial charge in [0.1, 0.15) is 95.4 Å². The summed E-state index contributed by atoms with van der Waals surface area (Å²) >= 11 is 0. The minimum Gasteiger partial charge on any atom is -0.508 e. The number of unbranched alkanes of at least 4 members (excludes halogenated alkanes) is 3. The molecule has 17 amide bonds. The van der Waals surface area contributed by atoms with Crippen LogP contribution in [-0.4, -0.2) is 275 Å². The van der Waals surface area contributed by atoms with E-state index in [0.717, 1.165) is 0 Å². The van der Waals surface area contributed by atoms with Gasteiger partial charge in [-0.05, 0) is 205 Å². The molecule has 0 aliphatic carbocycles. The third kappa shape index (κ3) is 50.0. The number of nitrogens with one attached hydrogen (secondary N) is 22. The lowest BCUT2D eigenvalue weighted by Gasteiger charge is -2.33. The Hall–Kier alpha value is -13.1. The summed E-state index contributed by atoms with van der Waals surface area (Å²) in [6.07, 6.45) is 6.43. The molecule has 2 rings (SSSR count). The molecule has 1 aromatic carbocycles. The van der Waals surface area contributed by atoms with E-state index in [9.17, 15) is 87.2 Å². The number of carbonyl (C=O) groups is 18. The Morgan fingerprint density at radius 1 is 0.482 bits per heavy atom. The van der Waals surface area contributed by atoms with E-state index in [0.29, 0.717) is 69.8 Å². The van der Waals surface area contributed by atoms with Gasteiger partial charge in [0.2, 0.25) is 100 Å². The Kier molecular flexibility index (Phi) is 58.5. The van der Waals surface area contributed by atoms with Gasteiger partial charge in [0.25, 0.3) is 0 Å². The minimum absolute atomic E-state index is 0.00483. The van der Waals surface area contributed by atoms with Crippen molar-refractivity contribution in [2.75, 3.05) is 45.9 Å². The fraction of sp³-hybridized carbons (Fsp3) is 0.685. The van der Waals surface area contributed by atoms with Crippen LogP contribution in [0.4, 0.5) is 0 Å². The highest BCUT2D eigenvalue weighted by Gasteiger charge is 2.43. The van der Waals surface area contributed by atoms with Crippen molar-refractivity contribution >= 4 is 124 Å². The van der Waals surface area contributed by atoms with Gasteiger partial charge in [-0.25, -0.2) is 0 Å². The highest BCUT2D eigenvalue weighted by molar-refractivity contribution is 6.02. The molecule has 0 saturated carbocycles. The van der Waals surface area contributed by atoms with Crippen molar-refractivity contribution in [1.29, 1.82) is 16.2 Å². The van der Waals surface area contributed by atoms with E-state index in [-0.39, 0.29) is 166 Å². The van der Waals surface area contributed by atoms with Crippen LogP contribution in [0.5, 0.6) is 5.75 Å². The first-order chi connectivity index (χ1) is 66.5. The number of aromatic hydroxyl groups is 1. The number of carboxylic acids is 1. The summed E-state index contributed by atoms with van der Waals surface area (Å²) in [6, 6.07) is -14.3. The van der Waals surface area contributed by atoms with Crippen LogP contribution in [0.3, 0.4) is 0 Å². The molecule has 0 saturated heterocycles. The molecule has 49 heteroatoms. The van der Waals surface area contributed by atoms with Crippen LogP contribution in [0.2, 0.25) is 0 Å². The summed E-state index contributed by atoms with van der Waals surface area (Å²) in [5.74, 6) is -18.9. The quantitative estimate of drug-likeness (QED) is 0.0128. The first kappa shape index (κ1) is 124. The molecule has 1 heterocycles. The van der Waals surface area contributed by atoms with Crippen LogP contribution < -0.4 is 135 Å². The zero-order valence-electron chi connectivity index (χ0n) is 83.2. The van der Waals surface area contributed by atoms with Gasteiger partial charge in [0, 0.05) is 52.4 Å². The van der Waals surface area contributed by atoms with Crippen molar-refractivity contribution in [2.45, 2.75) is 345 Å². The maximum absolute atomic E-state index is 15.2. The number of allylic oxidation sites excluding steroid dienone is 2. The van der Waals surface area contributed by atoms with E-state index in [2.05, 4.69) is 101 Å². The molecule has 0 aromatic heterocycles. The number of phenolic OH excluding ortho intramolecular Hbond substituents is 1. The first-order valence-corrected chi connectivity index (χ1v) is 48.6. The molecule has 0 fully saturated rings. The summed E-state index contributed by atoms with van der Waals surface area (Å²) in [6.45, 7) is 14.4. The van der Waals surface area contributed by atoms with Crippen LogP contribution in [0, 0.1) is 28.1 Å². The number of aliphatic hydroxyl groups is 1. The van der Waals surface area contributed by atoms with Gasteiger partial charge in [-0.1, -0.05) is 91.0 Å². The Balaban J connectivity index is 2.89. The van der Waals surface area contributed by atoms with Crippen LogP contribution in [0.1, 0.15) is 255 Å². The van der Waals surface area contributed by atoms with Gasteiger partial charge >= 0.3 is 5.97 Å². The molecule has 0 spiro atoms. The van der Waals surface area contributed by atoms with E-state index < -0.39 is 233 Å². The molecule has 0 unspecified atom stereocenters. The average molecular weight is 1990 g/mol. The van der Waals surface area contributed by atoms with E-state index in [1.54, 1.807) is 27.7 Å². The maximum atomic E-state index is 15.2. The lowest BCUT2D eigenvalue weighted by molar-refractivity contribution is -0.139. The monoisotopic (exact) mass is 1990 g/mol. The molecular weight excluding hydrogens is 1830 g/mol. The highest BCUT2D eigenvalue weighted by atomic mass is 16.4. The standard InChI is InChI=1S/C92H160N28O21/c1-11-12-29-60(78(132)114-67(73(95)127)50-53(2)3)110-81(135)66(39-40-71(125)126)113-77(131)63(33-27-47-104-89(98)99)112-83(137)68(51-58-35-37-59(123)38-36-58)115-79(133)61(30-20-24-44-93)108-75(129)56(7)107-86(140)92(10)43-23-19-17-15-13-14-16-18-22-42-91(9,119-70(124)41-49-102-57(8)122)87(141)117-65(31-21-25-45-94)82(136)118-72(54(4)5)85(139)106-55(6)74(128)109-62(32-26-46-103-88(96)97)76(130)111-64(34-28-48-105-90(100)101)80(134)116-69(52-121)84(138)120-92/h15,17,35-38,53-56,60-69,72,121,123H,11-14,16,18-34,39-52,93-94H2,1-10H3,(H2,95,127)(H,102,122)(H,106,139)(H,107,140)(H,108,129)(H,109,128)(H,110,135)(H,111,130)(H,112,137)(H,113,131)(H,114,132)(H,115,133)(H,116,134)(H,117,141)(H,118,136)(H,119,124)(H,120,138)(H,125,126)(H4,96,97,103)(H4,98,99,104)(H4,100,101,105)/b17-15-/t55-,56-,60-,61-,62-,63-,64-,65-,66-,67-,68-,69-,72-,91-,92-/m0/s1. The van der Waals surface area contributed by atoms with Crippen molar-refractivity contribution in [3.05, 3.63) is 42.0 Å². The number of hydrogen-bond donors (Lipinski definition) is 31. The molecule has 141 heavy (non-hydrogen) atoms.